The number of halogens is 1. The third kappa shape index (κ3) is 1.94. The van der Waals surface area contributed by atoms with Gasteiger partial charge in [-0.3, -0.25) is 10.2 Å². The maximum atomic E-state index is 10.3. The number of anilines is 1. The SMILES string of the molecule is O=CNN(Br)c1cccc2ccccc12. The van der Waals surface area contributed by atoms with E-state index in [2.05, 4.69) is 21.6 Å². The molecule has 0 bridgehead atoms. The number of rotatable bonds is 3. The molecule has 0 aliphatic rings. The minimum absolute atomic E-state index is 0.622. The Hall–Kier alpha value is -1.55. The first-order chi connectivity index (χ1) is 7.33. The van der Waals surface area contributed by atoms with Gasteiger partial charge in [0, 0.05) is 5.39 Å². The molecule has 0 saturated carbocycles. The molecule has 0 aliphatic carbocycles. The molecule has 76 valence electrons. The summed E-state index contributed by atoms with van der Waals surface area (Å²) >= 11 is 3.26. The van der Waals surface area contributed by atoms with Crippen LogP contribution in [-0.2, 0) is 4.79 Å². The zero-order chi connectivity index (χ0) is 10.7. The highest BCUT2D eigenvalue weighted by atomic mass is 79.9. The second-order valence-electron chi connectivity index (χ2n) is 3.03. The van der Waals surface area contributed by atoms with Crippen molar-refractivity contribution in [1.82, 2.24) is 5.43 Å². The summed E-state index contributed by atoms with van der Waals surface area (Å²) in [6.45, 7) is 0. The van der Waals surface area contributed by atoms with Crippen LogP contribution in [0.5, 0.6) is 0 Å². The smallest absolute Gasteiger partial charge is 0.226 e. The quantitative estimate of drug-likeness (QED) is 0.525. The summed E-state index contributed by atoms with van der Waals surface area (Å²) in [4.78, 5) is 10.3. The van der Waals surface area contributed by atoms with Crippen LogP contribution in [0.2, 0.25) is 0 Å². The molecule has 3 nitrogen and oxygen atoms in total. The van der Waals surface area contributed by atoms with Crippen LogP contribution in [0.3, 0.4) is 0 Å². The fourth-order valence-electron chi connectivity index (χ4n) is 1.50. The lowest BCUT2D eigenvalue weighted by Gasteiger charge is -2.16. The largest absolute Gasteiger partial charge is 0.277 e. The lowest BCUT2D eigenvalue weighted by Crippen LogP contribution is -2.27. The second kappa shape index (κ2) is 4.31. The summed E-state index contributed by atoms with van der Waals surface area (Å²) < 4.78 is 1.52. The number of nitrogens with one attached hydrogen (secondary N) is 1. The van der Waals surface area contributed by atoms with Crippen molar-refractivity contribution in [2.24, 2.45) is 0 Å². The Morgan fingerprint density at radius 2 is 1.87 bits per heavy atom. The molecule has 0 fully saturated rings. The van der Waals surface area contributed by atoms with E-state index in [1.165, 1.54) is 4.03 Å². The van der Waals surface area contributed by atoms with Crippen molar-refractivity contribution >= 4 is 39.0 Å². The average Bonchev–Trinajstić information content (AvgIpc) is 2.28. The van der Waals surface area contributed by atoms with E-state index in [0.29, 0.717) is 6.41 Å². The molecule has 0 aliphatic heterocycles. The summed E-state index contributed by atoms with van der Waals surface area (Å²) in [6.07, 6.45) is 0.622. The molecular weight excluding hydrogens is 256 g/mol. The van der Waals surface area contributed by atoms with Gasteiger partial charge < -0.3 is 0 Å². The fourth-order valence-corrected chi connectivity index (χ4v) is 1.89. The summed E-state index contributed by atoms with van der Waals surface area (Å²) in [5.74, 6) is 0. The van der Waals surface area contributed by atoms with Gasteiger partial charge >= 0.3 is 0 Å². The molecule has 0 heterocycles. The number of nitrogens with zero attached hydrogens (tertiary/aromatic N) is 1. The molecule has 0 saturated heterocycles. The third-order valence-electron chi connectivity index (χ3n) is 2.14. The van der Waals surface area contributed by atoms with Crippen molar-refractivity contribution in [2.75, 3.05) is 4.03 Å². The summed E-state index contributed by atoms with van der Waals surface area (Å²) in [5.41, 5.74) is 3.43. The van der Waals surface area contributed by atoms with E-state index in [9.17, 15) is 4.79 Å². The number of carbonyl (C=O) groups excluding carboxylic acids is 1. The van der Waals surface area contributed by atoms with Gasteiger partial charge in [-0.15, -0.1) is 0 Å². The molecule has 0 atom stereocenters. The Bertz CT molecular complexity index is 481. The third-order valence-corrected chi connectivity index (χ3v) is 2.73. The molecule has 0 aromatic heterocycles. The standard InChI is InChI=1S/C11H9BrN2O/c12-14(13-8-15)11-7-3-5-9-4-1-2-6-10(9)11/h1-8H,(H,13,15). The topological polar surface area (TPSA) is 32.3 Å². The van der Waals surface area contributed by atoms with Crippen LogP contribution in [-0.4, -0.2) is 6.41 Å². The van der Waals surface area contributed by atoms with Crippen molar-refractivity contribution in [2.45, 2.75) is 0 Å². The van der Waals surface area contributed by atoms with Gasteiger partial charge in [0.25, 0.3) is 0 Å². The van der Waals surface area contributed by atoms with Crippen molar-refractivity contribution in [3.05, 3.63) is 42.5 Å². The number of hydrogen-bond acceptors (Lipinski definition) is 2. The minimum Gasteiger partial charge on any atom is -0.277 e. The van der Waals surface area contributed by atoms with Gasteiger partial charge in [0.05, 0.1) is 21.8 Å². The van der Waals surface area contributed by atoms with Gasteiger partial charge in [0.15, 0.2) is 0 Å². The van der Waals surface area contributed by atoms with Crippen LogP contribution in [0.1, 0.15) is 0 Å². The fraction of sp³-hybridized carbons (Fsp3) is 0. The first-order valence-corrected chi connectivity index (χ1v) is 5.17. The van der Waals surface area contributed by atoms with Crippen molar-refractivity contribution in [1.29, 1.82) is 0 Å². The molecule has 0 unspecified atom stereocenters. The first-order valence-electron chi connectivity index (χ1n) is 4.46. The summed E-state index contributed by atoms with van der Waals surface area (Å²) in [6, 6.07) is 13.9. The predicted octanol–water partition coefficient (Wildman–Crippen LogP) is 2.62. The van der Waals surface area contributed by atoms with E-state index in [-0.39, 0.29) is 0 Å². The van der Waals surface area contributed by atoms with Crippen molar-refractivity contribution < 1.29 is 4.79 Å². The molecular formula is C11H9BrN2O. The molecule has 2 rings (SSSR count). The maximum absolute atomic E-state index is 10.3. The monoisotopic (exact) mass is 264 g/mol. The Morgan fingerprint density at radius 3 is 2.67 bits per heavy atom. The molecule has 0 spiro atoms. The van der Waals surface area contributed by atoms with E-state index in [1.807, 2.05) is 42.5 Å². The van der Waals surface area contributed by atoms with Gasteiger partial charge in [-0.1, -0.05) is 36.4 Å². The number of hydrogen-bond donors (Lipinski definition) is 1. The van der Waals surface area contributed by atoms with Crippen LogP contribution < -0.4 is 9.46 Å². The number of carbonyl (C=O) groups is 1. The van der Waals surface area contributed by atoms with E-state index in [1.54, 1.807) is 0 Å². The van der Waals surface area contributed by atoms with Crippen molar-refractivity contribution in [3.63, 3.8) is 0 Å². The molecule has 4 heteroatoms. The molecule has 0 radical (unpaired) electrons. The molecule has 15 heavy (non-hydrogen) atoms. The van der Waals surface area contributed by atoms with Crippen LogP contribution >= 0.6 is 16.1 Å². The van der Waals surface area contributed by atoms with Gasteiger partial charge in [0.1, 0.15) is 0 Å². The van der Waals surface area contributed by atoms with E-state index >= 15 is 0 Å². The van der Waals surface area contributed by atoms with Gasteiger partial charge in [0.2, 0.25) is 6.41 Å². The molecule has 1 amide bonds. The molecule has 2 aromatic carbocycles. The highest BCUT2D eigenvalue weighted by Crippen LogP contribution is 2.26. The van der Waals surface area contributed by atoms with Crippen LogP contribution in [0.15, 0.2) is 42.5 Å². The van der Waals surface area contributed by atoms with Gasteiger partial charge in [-0.2, -0.15) is 0 Å². The minimum atomic E-state index is 0.622. The predicted molar refractivity (Wildman–Crippen MR) is 64.6 cm³/mol. The highest BCUT2D eigenvalue weighted by molar-refractivity contribution is 9.10. The van der Waals surface area contributed by atoms with E-state index in [0.717, 1.165) is 16.5 Å². The van der Waals surface area contributed by atoms with Crippen LogP contribution in [0, 0.1) is 0 Å². The lowest BCUT2D eigenvalue weighted by atomic mass is 10.1. The van der Waals surface area contributed by atoms with Gasteiger partial charge in [-0.05, 0) is 11.5 Å². The lowest BCUT2D eigenvalue weighted by molar-refractivity contribution is -0.109. The van der Waals surface area contributed by atoms with Crippen molar-refractivity contribution in [3.8, 4) is 0 Å². The van der Waals surface area contributed by atoms with E-state index in [4.69, 9.17) is 0 Å². The number of amides is 1. The normalized spacial score (nSPS) is 9.93. The Kier molecular flexibility index (Phi) is 2.87. The zero-order valence-electron chi connectivity index (χ0n) is 7.85. The highest BCUT2D eigenvalue weighted by Gasteiger charge is 2.05. The summed E-state index contributed by atoms with van der Waals surface area (Å²) in [7, 11) is 0. The van der Waals surface area contributed by atoms with Gasteiger partial charge in [-0.25, -0.2) is 4.03 Å². The Morgan fingerprint density at radius 1 is 1.13 bits per heavy atom. The van der Waals surface area contributed by atoms with Crippen LogP contribution in [0.25, 0.3) is 10.8 Å². The number of hydrazine groups is 1. The number of benzene rings is 2. The van der Waals surface area contributed by atoms with Crippen LogP contribution in [0.4, 0.5) is 5.69 Å². The molecule has 2 aromatic rings. The maximum Gasteiger partial charge on any atom is 0.226 e. The Balaban J connectivity index is 2.55. The average molecular weight is 265 g/mol. The first kappa shape index (κ1) is 9.98. The number of fused-ring (bicyclic) bond motifs is 1. The zero-order valence-corrected chi connectivity index (χ0v) is 9.44. The second-order valence-corrected chi connectivity index (χ2v) is 3.74. The summed E-state index contributed by atoms with van der Waals surface area (Å²) in [5, 5.41) is 2.21. The Labute approximate surface area is 96.0 Å². The molecule has 1 N–H and O–H groups in total. The van der Waals surface area contributed by atoms with E-state index < -0.39 is 0 Å².